The van der Waals surface area contributed by atoms with E-state index in [1.54, 1.807) is 0 Å². The quantitative estimate of drug-likeness (QED) is 0.671. The third-order valence-electron chi connectivity index (χ3n) is 8.88. The molecule has 4 rings (SSSR count). The van der Waals surface area contributed by atoms with Crippen molar-refractivity contribution in [2.75, 3.05) is 0 Å². The van der Waals surface area contributed by atoms with E-state index in [0.29, 0.717) is 17.1 Å². The van der Waals surface area contributed by atoms with Gasteiger partial charge in [0.25, 0.3) is 0 Å². The van der Waals surface area contributed by atoms with Crippen molar-refractivity contribution in [2.24, 2.45) is 40.4 Å². The van der Waals surface area contributed by atoms with Crippen LogP contribution in [-0.2, 0) is 9.59 Å². The zero-order chi connectivity index (χ0) is 17.1. The Morgan fingerprint density at radius 3 is 2.62 bits per heavy atom. The van der Waals surface area contributed by atoms with E-state index in [2.05, 4.69) is 20.8 Å². The smallest absolute Gasteiger partial charge is 0.155 e. The van der Waals surface area contributed by atoms with Crippen LogP contribution in [0.5, 0.6) is 0 Å². The van der Waals surface area contributed by atoms with Crippen molar-refractivity contribution >= 4 is 12.1 Å². The van der Waals surface area contributed by atoms with E-state index in [0.717, 1.165) is 37.0 Å². The molecule has 0 spiro atoms. The lowest BCUT2D eigenvalue weighted by Gasteiger charge is -2.58. The van der Waals surface area contributed by atoms with E-state index < -0.39 is 0 Å². The lowest BCUT2D eigenvalue weighted by atomic mass is 9.46. The molecule has 0 aliphatic heterocycles. The highest BCUT2D eigenvalue weighted by Gasteiger charge is 2.59. The lowest BCUT2D eigenvalue weighted by molar-refractivity contribution is -0.118. The Hall–Kier alpha value is -0.920. The second kappa shape index (κ2) is 5.54. The number of ketones is 1. The van der Waals surface area contributed by atoms with Crippen LogP contribution in [0.4, 0.5) is 0 Å². The summed E-state index contributed by atoms with van der Waals surface area (Å²) in [5.74, 6) is 3.50. The number of carbonyl (C=O) groups is 2. The summed E-state index contributed by atoms with van der Waals surface area (Å²) in [5, 5.41) is 0. The van der Waals surface area contributed by atoms with Gasteiger partial charge in [0.15, 0.2) is 5.78 Å². The molecule has 4 aliphatic carbocycles. The number of aldehydes is 1. The maximum absolute atomic E-state index is 11.9. The largest absolute Gasteiger partial charge is 0.303 e. The van der Waals surface area contributed by atoms with Crippen molar-refractivity contribution < 1.29 is 9.59 Å². The highest BCUT2D eigenvalue weighted by Crippen LogP contribution is 2.67. The predicted octanol–water partition coefficient (Wildman–Crippen LogP) is 4.97. The number of allylic oxidation sites excluding steroid dienone is 1. The van der Waals surface area contributed by atoms with Crippen LogP contribution in [0.1, 0.15) is 72.1 Å². The minimum atomic E-state index is 0.207. The summed E-state index contributed by atoms with van der Waals surface area (Å²) in [4.78, 5) is 23.3. The maximum atomic E-state index is 11.9. The summed E-state index contributed by atoms with van der Waals surface area (Å²) in [6.45, 7) is 7.07. The number of hydrogen-bond acceptors (Lipinski definition) is 2. The van der Waals surface area contributed by atoms with Crippen LogP contribution in [0.15, 0.2) is 11.6 Å². The third kappa shape index (κ3) is 2.14. The SMILES string of the molecule is C[C@@H](C=O)[C@H]1CC[C@H]2[C@@H]3CCC4=CC(=O)CC[C@]4(C)[C@H]3CC[C@]12C. The Bertz CT molecular complexity index is 591. The summed E-state index contributed by atoms with van der Waals surface area (Å²) >= 11 is 0. The van der Waals surface area contributed by atoms with E-state index in [4.69, 9.17) is 0 Å². The highest BCUT2D eigenvalue weighted by molar-refractivity contribution is 5.91. The maximum Gasteiger partial charge on any atom is 0.155 e. The number of fused-ring (bicyclic) bond motifs is 5. The fourth-order valence-corrected chi connectivity index (χ4v) is 7.56. The molecule has 0 amide bonds. The molecule has 0 aromatic heterocycles. The van der Waals surface area contributed by atoms with Gasteiger partial charge in [0.1, 0.15) is 6.29 Å². The van der Waals surface area contributed by atoms with Gasteiger partial charge in [-0.2, -0.15) is 0 Å². The topological polar surface area (TPSA) is 34.1 Å². The van der Waals surface area contributed by atoms with Crippen molar-refractivity contribution in [3.63, 3.8) is 0 Å². The zero-order valence-electron chi connectivity index (χ0n) is 15.5. The Labute approximate surface area is 146 Å². The van der Waals surface area contributed by atoms with Crippen LogP contribution >= 0.6 is 0 Å². The van der Waals surface area contributed by atoms with Crippen molar-refractivity contribution in [3.05, 3.63) is 11.6 Å². The fourth-order valence-electron chi connectivity index (χ4n) is 7.56. The van der Waals surface area contributed by atoms with Gasteiger partial charge in [-0.05, 0) is 85.5 Å². The average molecular weight is 328 g/mol. The van der Waals surface area contributed by atoms with E-state index in [9.17, 15) is 9.59 Å². The Morgan fingerprint density at radius 2 is 1.88 bits per heavy atom. The molecule has 2 nitrogen and oxygen atoms in total. The zero-order valence-corrected chi connectivity index (χ0v) is 15.5. The molecule has 2 heteroatoms. The molecule has 0 heterocycles. The molecular formula is C22H32O2. The van der Waals surface area contributed by atoms with Crippen molar-refractivity contribution in [2.45, 2.75) is 72.1 Å². The molecule has 4 aliphatic rings. The van der Waals surface area contributed by atoms with Crippen LogP contribution in [-0.4, -0.2) is 12.1 Å². The van der Waals surface area contributed by atoms with Gasteiger partial charge in [0.2, 0.25) is 0 Å². The fraction of sp³-hybridized carbons (Fsp3) is 0.818. The molecule has 3 saturated carbocycles. The summed E-state index contributed by atoms with van der Waals surface area (Å²) in [6, 6.07) is 0. The molecule has 0 aromatic rings. The third-order valence-corrected chi connectivity index (χ3v) is 8.88. The normalized spacial score (nSPS) is 48.8. The monoisotopic (exact) mass is 328 g/mol. The molecular weight excluding hydrogens is 296 g/mol. The second-order valence-corrected chi connectivity index (χ2v) is 9.69. The molecule has 0 unspecified atom stereocenters. The van der Waals surface area contributed by atoms with Crippen molar-refractivity contribution in [3.8, 4) is 0 Å². The number of hydrogen-bond donors (Lipinski definition) is 0. The molecule has 0 saturated heterocycles. The van der Waals surface area contributed by atoms with Crippen molar-refractivity contribution in [1.82, 2.24) is 0 Å². The van der Waals surface area contributed by atoms with Gasteiger partial charge in [-0.1, -0.05) is 26.3 Å². The number of carbonyl (C=O) groups excluding carboxylic acids is 2. The molecule has 7 atom stereocenters. The van der Waals surface area contributed by atoms with Gasteiger partial charge in [-0.25, -0.2) is 0 Å². The Morgan fingerprint density at radius 1 is 1.08 bits per heavy atom. The Kier molecular flexibility index (Phi) is 3.82. The highest BCUT2D eigenvalue weighted by atomic mass is 16.1. The first-order valence-corrected chi connectivity index (χ1v) is 10.1. The minimum absolute atomic E-state index is 0.207. The first-order chi connectivity index (χ1) is 11.4. The second-order valence-electron chi connectivity index (χ2n) is 9.69. The summed E-state index contributed by atoms with van der Waals surface area (Å²) < 4.78 is 0. The van der Waals surface area contributed by atoms with Gasteiger partial charge in [-0.15, -0.1) is 0 Å². The predicted molar refractivity (Wildman–Crippen MR) is 95.4 cm³/mol. The minimum Gasteiger partial charge on any atom is -0.303 e. The number of rotatable bonds is 2. The average Bonchev–Trinajstić information content (AvgIpc) is 2.92. The molecule has 0 radical (unpaired) electrons. The van der Waals surface area contributed by atoms with Crippen molar-refractivity contribution in [1.29, 1.82) is 0 Å². The van der Waals surface area contributed by atoms with E-state index in [1.807, 2.05) is 6.08 Å². The van der Waals surface area contributed by atoms with Gasteiger partial charge in [0.05, 0.1) is 0 Å². The standard InChI is InChI=1S/C22H32O2/c1-14(13-23)18-6-7-19-17-5-4-15-12-16(24)8-10-21(15,2)20(17)9-11-22(18,19)3/h12-14,17-20H,4-11H2,1-3H3/t14-,17-,18+,19-,20-,21-,22+/m0/s1. The van der Waals surface area contributed by atoms with E-state index >= 15 is 0 Å². The van der Waals surface area contributed by atoms with Crippen LogP contribution in [0, 0.1) is 40.4 Å². The summed E-state index contributed by atoms with van der Waals surface area (Å²) in [7, 11) is 0. The lowest BCUT2D eigenvalue weighted by Crippen LogP contribution is -2.51. The molecule has 0 bridgehead atoms. The Balaban J connectivity index is 1.65. The van der Waals surface area contributed by atoms with Crippen LogP contribution in [0.25, 0.3) is 0 Å². The van der Waals surface area contributed by atoms with Gasteiger partial charge in [-0.3, -0.25) is 4.79 Å². The van der Waals surface area contributed by atoms with E-state index in [1.165, 1.54) is 44.0 Å². The van der Waals surface area contributed by atoms with Crippen LogP contribution < -0.4 is 0 Å². The first kappa shape index (κ1) is 16.5. The molecule has 3 fully saturated rings. The van der Waals surface area contributed by atoms with E-state index in [-0.39, 0.29) is 11.3 Å². The molecule has 0 aromatic carbocycles. The van der Waals surface area contributed by atoms with Gasteiger partial charge >= 0.3 is 0 Å². The van der Waals surface area contributed by atoms with Gasteiger partial charge in [0, 0.05) is 12.3 Å². The summed E-state index contributed by atoms with van der Waals surface area (Å²) in [5.41, 5.74) is 2.09. The molecule has 24 heavy (non-hydrogen) atoms. The van der Waals surface area contributed by atoms with Crippen LogP contribution in [0.3, 0.4) is 0 Å². The molecule has 132 valence electrons. The van der Waals surface area contributed by atoms with Gasteiger partial charge < -0.3 is 4.79 Å². The first-order valence-electron chi connectivity index (χ1n) is 10.1. The van der Waals surface area contributed by atoms with Crippen LogP contribution in [0.2, 0.25) is 0 Å². The summed E-state index contributed by atoms with van der Waals surface area (Å²) in [6.07, 6.45) is 12.5. The molecule has 0 N–H and O–H groups in total.